The molecule has 0 spiro atoms. The van der Waals surface area contributed by atoms with Crippen LogP contribution in [-0.4, -0.2) is 17.7 Å². The maximum Gasteiger partial charge on any atom is 0.280 e. The highest BCUT2D eigenvalue weighted by molar-refractivity contribution is 5.99. The topological polar surface area (TPSA) is 50.7 Å². The number of hydrogen-bond donors (Lipinski definition) is 1. The van der Waals surface area contributed by atoms with E-state index in [4.69, 9.17) is 4.74 Å². The molecule has 1 atom stereocenters. The molecule has 4 nitrogen and oxygen atoms in total. The van der Waals surface area contributed by atoms with Crippen molar-refractivity contribution in [2.24, 2.45) is 5.10 Å². The fraction of sp³-hybridized carbons (Fsp3) is 0.143. The van der Waals surface area contributed by atoms with E-state index in [-0.39, 0.29) is 5.91 Å². The van der Waals surface area contributed by atoms with Crippen LogP contribution >= 0.6 is 0 Å². The second-order valence-corrected chi connectivity index (χ2v) is 5.81. The number of carbonyl (C=O) groups excluding carboxylic acids is 1. The lowest BCUT2D eigenvalue weighted by atomic mass is 10.1. The molecule has 0 radical (unpaired) electrons. The molecule has 25 heavy (non-hydrogen) atoms. The second-order valence-electron chi connectivity index (χ2n) is 5.81. The maximum atomic E-state index is 12.2. The van der Waals surface area contributed by atoms with Crippen molar-refractivity contribution in [3.8, 4) is 5.75 Å². The van der Waals surface area contributed by atoms with Gasteiger partial charge in [-0.05, 0) is 42.3 Å². The van der Waals surface area contributed by atoms with E-state index in [2.05, 4.69) is 10.5 Å². The Kier molecular flexibility index (Phi) is 5.09. The molecule has 0 aliphatic heterocycles. The lowest BCUT2D eigenvalue weighted by molar-refractivity contribution is -0.127. The normalized spacial score (nSPS) is 12.6. The molecule has 0 aliphatic carbocycles. The van der Waals surface area contributed by atoms with E-state index >= 15 is 0 Å². The first kappa shape index (κ1) is 16.7. The molecule has 4 heteroatoms. The number of ether oxygens (including phenoxy) is 1. The highest BCUT2D eigenvalue weighted by Gasteiger charge is 2.14. The Morgan fingerprint density at radius 3 is 2.40 bits per heavy atom. The Hall–Kier alpha value is -3.14. The van der Waals surface area contributed by atoms with Crippen LogP contribution in [0.5, 0.6) is 5.75 Å². The third-order valence-corrected chi connectivity index (χ3v) is 3.93. The summed E-state index contributed by atoms with van der Waals surface area (Å²) in [6.45, 7) is 3.56. The number of nitrogens with one attached hydrogen (secondary N) is 1. The molecule has 0 bridgehead atoms. The number of amides is 1. The minimum Gasteiger partial charge on any atom is -0.481 e. The van der Waals surface area contributed by atoms with Crippen molar-refractivity contribution in [1.82, 2.24) is 5.43 Å². The zero-order valence-electron chi connectivity index (χ0n) is 14.3. The fourth-order valence-electron chi connectivity index (χ4n) is 2.47. The van der Waals surface area contributed by atoms with Crippen molar-refractivity contribution in [1.29, 1.82) is 0 Å². The number of carbonyl (C=O) groups is 1. The van der Waals surface area contributed by atoms with Gasteiger partial charge in [-0.3, -0.25) is 4.79 Å². The van der Waals surface area contributed by atoms with Crippen LogP contribution in [0.2, 0.25) is 0 Å². The molecule has 0 saturated carbocycles. The Bertz CT molecular complexity index is 904. The summed E-state index contributed by atoms with van der Waals surface area (Å²) in [5.74, 6) is 0.369. The predicted octanol–water partition coefficient (Wildman–Crippen LogP) is 4.15. The quantitative estimate of drug-likeness (QED) is 0.564. The van der Waals surface area contributed by atoms with Gasteiger partial charge in [-0.1, -0.05) is 60.7 Å². The number of fused-ring (bicyclic) bond motifs is 1. The Morgan fingerprint density at radius 2 is 1.64 bits per heavy atom. The monoisotopic (exact) mass is 332 g/mol. The first-order valence-electron chi connectivity index (χ1n) is 8.18. The van der Waals surface area contributed by atoms with Gasteiger partial charge >= 0.3 is 0 Å². The Labute approximate surface area is 147 Å². The minimum absolute atomic E-state index is 0.288. The number of rotatable bonds is 5. The van der Waals surface area contributed by atoms with Crippen molar-refractivity contribution >= 4 is 22.4 Å². The molecule has 126 valence electrons. The average molecular weight is 332 g/mol. The van der Waals surface area contributed by atoms with Crippen LogP contribution in [0.15, 0.2) is 77.9 Å². The minimum atomic E-state index is -0.645. The molecule has 3 aromatic carbocycles. The van der Waals surface area contributed by atoms with E-state index in [0.717, 1.165) is 22.0 Å². The first-order valence-corrected chi connectivity index (χ1v) is 8.18. The molecule has 0 aliphatic rings. The summed E-state index contributed by atoms with van der Waals surface area (Å²) in [5.41, 5.74) is 4.27. The van der Waals surface area contributed by atoms with Crippen LogP contribution in [0.1, 0.15) is 19.4 Å². The van der Waals surface area contributed by atoms with Gasteiger partial charge < -0.3 is 4.74 Å². The van der Waals surface area contributed by atoms with Crippen LogP contribution in [0.25, 0.3) is 10.8 Å². The molecule has 0 aromatic heterocycles. The molecule has 0 heterocycles. The van der Waals surface area contributed by atoms with Crippen molar-refractivity contribution in [3.63, 3.8) is 0 Å². The van der Waals surface area contributed by atoms with Crippen molar-refractivity contribution in [2.45, 2.75) is 20.0 Å². The molecular formula is C21H20N2O2. The van der Waals surface area contributed by atoms with Gasteiger partial charge in [0.05, 0.1) is 5.71 Å². The van der Waals surface area contributed by atoms with Gasteiger partial charge in [0, 0.05) is 0 Å². The zero-order valence-corrected chi connectivity index (χ0v) is 14.3. The molecular weight excluding hydrogens is 312 g/mol. The van der Waals surface area contributed by atoms with Crippen molar-refractivity contribution in [2.75, 3.05) is 0 Å². The van der Waals surface area contributed by atoms with E-state index in [1.807, 2.05) is 79.7 Å². The van der Waals surface area contributed by atoms with Crippen LogP contribution in [0.3, 0.4) is 0 Å². The van der Waals surface area contributed by atoms with E-state index in [1.165, 1.54) is 0 Å². The van der Waals surface area contributed by atoms with E-state index in [0.29, 0.717) is 5.75 Å². The highest BCUT2D eigenvalue weighted by atomic mass is 16.5. The summed E-state index contributed by atoms with van der Waals surface area (Å²) in [4.78, 5) is 12.2. The van der Waals surface area contributed by atoms with E-state index < -0.39 is 6.10 Å². The SMILES string of the molecule is CC(=NNC(=O)[C@@H](C)Oc1ccc2ccccc2c1)c1ccccc1. The molecule has 0 saturated heterocycles. The molecule has 1 amide bonds. The van der Waals surface area contributed by atoms with Gasteiger partial charge in [0.15, 0.2) is 6.10 Å². The van der Waals surface area contributed by atoms with Crippen LogP contribution in [0.4, 0.5) is 0 Å². The van der Waals surface area contributed by atoms with Gasteiger partial charge in [0.25, 0.3) is 5.91 Å². The number of hydrazone groups is 1. The van der Waals surface area contributed by atoms with Gasteiger partial charge in [-0.25, -0.2) is 5.43 Å². The van der Waals surface area contributed by atoms with E-state index in [1.54, 1.807) is 6.92 Å². The summed E-state index contributed by atoms with van der Waals surface area (Å²) < 4.78 is 5.74. The van der Waals surface area contributed by atoms with Gasteiger partial charge in [-0.15, -0.1) is 0 Å². The number of nitrogens with zero attached hydrogens (tertiary/aromatic N) is 1. The van der Waals surface area contributed by atoms with Gasteiger partial charge in [-0.2, -0.15) is 5.10 Å². The Morgan fingerprint density at radius 1 is 0.960 bits per heavy atom. The van der Waals surface area contributed by atoms with Crippen LogP contribution in [0, 0.1) is 0 Å². The average Bonchev–Trinajstić information content (AvgIpc) is 2.66. The summed E-state index contributed by atoms with van der Waals surface area (Å²) in [6.07, 6.45) is -0.645. The van der Waals surface area contributed by atoms with E-state index in [9.17, 15) is 4.79 Å². The summed E-state index contributed by atoms with van der Waals surface area (Å²) in [6, 6.07) is 23.5. The predicted molar refractivity (Wildman–Crippen MR) is 101 cm³/mol. The number of benzene rings is 3. The van der Waals surface area contributed by atoms with Crippen molar-refractivity contribution < 1.29 is 9.53 Å². The molecule has 0 fully saturated rings. The molecule has 3 rings (SSSR count). The summed E-state index contributed by atoms with van der Waals surface area (Å²) >= 11 is 0. The standard InChI is InChI=1S/C21H20N2O2/c1-15(17-8-4-3-5-9-17)22-23-21(24)16(2)25-20-13-12-18-10-6-7-11-19(18)14-20/h3-14,16H,1-2H3,(H,23,24)/t16-/m1/s1. The summed E-state index contributed by atoms with van der Waals surface area (Å²) in [7, 11) is 0. The smallest absolute Gasteiger partial charge is 0.280 e. The molecule has 1 N–H and O–H groups in total. The maximum absolute atomic E-state index is 12.2. The lowest BCUT2D eigenvalue weighted by Crippen LogP contribution is -2.33. The van der Waals surface area contributed by atoms with Gasteiger partial charge in [0.1, 0.15) is 5.75 Å². The summed E-state index contributed by atoms with van der Waals surface area (Å²) in [5, 5.41) is 6.35. The first-order chi connectivity index (χ1) is 12.1. The van der Waals surface area contributed by atoms with Crippen LogP contribution in [-0.2, 0) is 4.79 Å². The molecule has 3 aromatic rings. The third-order valence-electron chi connectivity index (χ3n) is 3.93. The largest absolute Gasteiger partial charge is 0.481 e. The number of hydrogen-bond acceptors (Lipinski definition) is 3. The van der Waals surface area contributed by atoms with Gasteiger partial charge in [0.2, 0.25) is 0 Å². The molecule has 0 unspecified atom stereocenters. The lowest BCUT2D eigenvalue weighted by Gasteiger charge is -2.14. The fourth-order valence-corrected chi connectivity index (χ4v) is 2.47. The van der Waals surface area contributed by atoms with Crippen LogP contribution < -0.4 is 10.2 Å². The third kappa shape index (κ3) is 4.23. The van der Waals surface area contributed by atoms with Crippen molar-refractivity contribution in [3.05, 3.63) is 78.4 Å². The highest BCUT2D eigenvalue weighted by Crippen LogP contribution is 2.21. The second kappa shape index (κ2) is 7.62. The zero-order chi connectivity index (χ0) is 17.6. The Balaban J connectivity index is 1.63.